The third-order valence-electron chi connectivity index (χ3n) is 5.77. The lowest BCUT2D eigenvalue weighted by atomic mass is 9.74. The Balaban J connectivity index is 1.70. The molecule has 0 unspecified atom stereocenters. The molecule has 4 N–H and O–H groups in total. The van der Waals surface area contributed by atoms with Crippen molar-refractivity contribution in [2.24, 2.45) is 0 Å². The molecule has 1 aromatic carbocycles. The second-order valence-corrected chi connectivity index (χ2v) is 10.1. The summed E-state index contributed by atoms with van der Waals surface area (Å²) in [5, 5.41) is 17.4. The average Bonchev–Trinajstić information content (AvgIpc) is 3.14. The topological polar surface area (TPSA) is 129 Å². The zero-order valence-corrected chi connectivity index (χ0v) is 20.4. The highest BCUT2D eigenvalue weighted by molar-refractivity contribution is 5.63. The molecule has 0 saturated carbocycles. The van der Waals surface area contributed by atoms with Gasteiger partial charge in [-0.05, 0) is 76.1 Å². The molecule has 36 heavy (non-hydrogen) atoms. The molecule has 0 atom stereocenters. The number of tetrazole rings is 1. The van der Waals surface area contributed by atoms with Crippen molar-refractivity contribution in [3.05, 3.63) is 35.5 Å². The summed E-state index contributed by atoms with van der Waals surface area (Å²) in [5.74, 6) is -1.52. The van der Waals surface area contributed by atoms with Crippen molar-refractivity contribution < 1.29 is 22.3 Å². The van der Waals surface area contributed by atoms with Gasteiger partial charge in [0.25, 0.3) is 0 Å². The number of rotatable bonds is 5. The molecule has 4 rings (SSSR count). The molecule has 0 aliphatic carbocycles. The van der Waals surface area contributed by atoms with Crippen LogP contribution in [0.2, 0.25) is 0 Å². The number of nitrogen functional groups attached to an aromatic ring is 1. The summed E-state index contributed by atoms with van der Waals surface area (Å²) < 4.78 is 59.2. The van der Waals surface area contributed by atoms with Gasteiger partial charge in [-0.15, -0.1) is 18.3 Å². The van der Waals surface area contributed by atoms with Crippen molar-refractivity contribution in [3.63, 3.8) is 0 Å². The Morgan fingerprint density at radius 2 is 1.81 bits per heavy atom. The number of hydrogen-bond donors (Lipinski definition) is 3. The summed E-state index contributed by atoms with van der Waals surface area (Å²) in [4.78, 5) is 8.41. The Labute approximate surface area is 204 Å². The number of aromatic nitrogens is 6. The van der Waals surface area contributed by atoms with Crippen molar-refractivity contribution in [3.8, 4) is 11.4 Å². The van der Waals surface area contributed by atoms with Crippen LogP contribution in [0.1, 0.15) is 58.0 Å². The van der Waals surface area contributed by atoms with Crippen molar-refractivity contribution >= 4 is 17.5 Å². The summed E-state index contributed by atoms with van der Waals surface area (Å²) in [6, 6.07) is 3.78. The van der Waals surface area contributed by atoms with Crippen LogP contribution in [-0.4, -0.2) is 47.6 Å². The number of piperidine rings is 1. The predicted molar refractivity (Wildman–Crippen MR) is 124 cm³/mol. The maximum atomic E-state index is 15.1. The Kier molecular flexibility index (Phi) is 6.27. The average molecular weight is 510 g/mol. The van der Waals surface area contributed by atoms with Crippen LogP contribution in [0, 0.1) is 12.7 Å². The second kappa shape index (κ2) is 8.84. The molecule has 10 nitrogen and oxygen atoms in total. The van der Waals surface area contributed by atoms with Gasteiger partial charge in [0.05, 0.1) is 5.69 Å². The first-order valence-electron chi connectivity index (χ1n) is 11.2. The van der Waals surface area contributed by atoms with E-state index < -0.39 is 17.9 Å². The van der Waals surface area contributed by atoms with Gasteiger partial charge in [0.15, 0.2) is 23.2 Å². The Morgan fingerprint density at radius 3 is 2.39 bits per heavy atom. The van der Waals surface area contributed by atoms with Crippen LogP contribution in [0.15, 0.2) is 18.2 Å². The number of anilines is 3. The van der Waals surface area contributed by atoms with Crippen molar-refractivity contribution in [2.75, 3.05) is 11.1 Å². The highest BCUT2D eigenvalue weighted by Gasteiger charge is 2.40. The summed E-state index contributed by atoms with van der Waals surface area (Å²) in [5.41, 5.74) is 5.75. The molecule has 0 radical (unpaired) electrons. The summed E-state index contributed by atoms with van der Waals surface area (Å²) in [6.07, 6.45) is -3.68. The predicted octanol–water partition coefficient (Wildman–Crippen LogP) is 4.15. The molecule has 2 aromatic heterocycles. The molecular weight excluding hydrogens is 482 g/mol. The van der Waals surface area contributed by atoms with Crippen molar-refractivity contribution in [1.29, 1.82) is 0 Å². The SMILES string of the molecule is Cc1nnnn1-c1cc(Nc2nc(N)c(F)c(C3CC(C)(C)NC(C)(C)C3)n2)ccc1OC(F)(F)F. The van der Waals surface area contributed by atoms with Gasteiger partial charge in [-0.3, -0.25) is 0 Å². The summed E-state index contributed by atoms with van der Waals surface area (Å²) in [6.45, 7) is 9.67. The maximum absolute atomic E-state index is 15.1. The molecular formula is C22H27F4N9O. The number of halogens is 4. The molecule has 3 heterocycles. The first-order valence-corrected chi connectivity index (χ1v) is 11.2. The molecule has 1 fully saturated rings. The fraction of sp³-hybridized carbons (Fsp3) is 0.500. The van der Waals surface area contributed by atoms with Gasteiger partial charge in [0.2, 0.25) is 5.95 Å². The standard InChI is InChI=1S/C22H27F4N9O/c1-11-31-33-34-35(11)14-8-13(6-7-15(14)36-22(24,25)26)28-19-29-17(16(23)18(27)30-19)12-9-20(2,3)32-21(4,5)10-12/h6-8,12,32H,9-10H2,1-5H3,(H3,27,28,29,30). The van der Waals surface area contributed by atoms with Gasteiger partial charge in [0.1, 0.15) is 5.69 Å². The van der Waals surface area contributed by atoms with Crippen LogP contribution < -0.4 is 21.1 Å². The first kappa shape index (κ1) is 25.5. The number of nitrogens with two attached hydrogens (primary N) is 1. The largest absolute Gasteiger partial charge is 0.573 e. The minimum atomic E-state index is -4.93. The zero-order chi connectivity index (χ0) is 26.5. The Bertz CT molecular complexity index is 1260. The number of nitrogens with one attached hydrogen (secondary N) is 2. The summed E-state index contributed by atoms with van der Waals surface area (Å²) in [7, 11) is 0. The molecule has 194 valence electrons. The molecule has 0 spiro atoms. The lowest BCUT2D eigenvalue weighted by molar-refractivity contribution is -0.274. The molecule has 1 aliphatic rings. The van der Waals surface area contributed by atoms with E-state index in [1.807, 2.05) is 27.7 Å². The number of nitrogens with zero attached hydrogens (tertiary/aromatic N) is 6. The van der Waals surface area contributed by atoms with Crippen LogP contribution in [-0.2, 0) is 0 Å². The van der Waals surface area contributed by atoms with E-state index in [1.54, 1.807) is 0 Å². The number of alkyl halides is 3. The fourth-order valence-electron chi connectivity index (χ4n) is 4.88. The van der Waals surface area contributed by atoms with Crippen LogP contribution in [0.4, 0.5) is 35.0 Å². The van der Waals surface area contributed by atoms with Crippen LogP contribution in [0.5, 0.6) is 5.75 Å². The summed E-state index contributed by atoms with van der Waals surface area (Å²) >= 11 is 0. The zero-order valence-electron chi connectivity index (χ0n) is 20.4. The Morgan fingerprint density at radius 1 is 1.14 bits per heavy atom. The van der Waals surface area contributed by atoms with Crippen LogP contribution in [0.25, 0.3) is 5.69 Å². The van der Waals surface area contributed by atoms with E-state index in [0.29, 0.717) is 12.8 Å². The number of benzene rings is 1. The Hall–Kier alpha value is -3.55. The second-order valence-electron chi connectivity index (χ2n) is 10.1. The number of ether oxygens (including phenoxy) is 1. The monoisotopic (exact) mass is 509 g/mol. The van der Waals surface area contributed by atoms with Crippen molar-refractivity contribution in [1.82, 2.24) is 35.5 Å². The number of aryl methyl sites for hydroxylation is 1. The van der Waals surface area contributed by atoms with Gasteiger partial charge in [-0.25, -0.2) is 9.37 Å². The fourth-order valence-corrected chi connectivity index (χ4v) is 4.88. The molecule has 0 amide bonds. The van der Waals surface area contributed by atoms with Gasteiger partial charge in [-0.1, -0.05) is 0 Å². The molecule has 3 aromatic rings. The minimum absolute atomic E-state index is 0.00178. The number of hydrogen-bond acceptors (Lipinski definition) is 9. The van der Waals surface area contributed by atoms with E-state index in [4.69, 9.17) is 5.73 Å². The lowest BCUT2D eigenvalue weighted by Gasteiger charge is -2.46. The van der Waals surface area contributed by atoms with E-state index in [9.17, 15) is 13.2 Å². The third-order valence-corrected chi connectivity index (χ3v) is 5.77. The minimum Gasteiger partial charge on any atom is -0.403 e. The molecule has 1 saturated heterocycles. The molecule has 0 bridgehead atoms. The third kappa shape index (κ3) is 5.64. The van der Waals surface area contributed by atoms with Gasteiger partial charge < -0.3 is 21.1 Å². The smallest absolute Gasteiger partial charge is 0.403 e. The molecule has 14 heteroatoms. The van der Waals surface area contributed by atoms with Gasteiger partial charge in [0, 0.05) is 22.7 Å². The van der Waals surface area contributed by atoms with Crippen LogP contribution in [0.3, 0.4) is 0 Å². The normalized spacial score (nSPS) is 17.7. The van der Waals surface area contributed by atoms with E-state index in [1.165, 1.54) is 19.1 Å². The molecule has 1 aliphatic heterocycles. The highest BCUT2D eigenvalue weighted by atomic mass is 19.4. The highest BCUT2D eigenvalue weighted by Crippen LogP contribution is 2.40. The van der Waals surface area contributed by atoms with Gasteiger partial charge >= 0.3 is 6.36 Å². The van der Waals surface area contributed by atoms with Crippen molar-refractivity contribution in [2.45, 2.75) is 70.8 Å². The quantitative estimate of drug-likeness (QED) is 0.435. The van der Waals surface area contributed by atoms with E-state index in [-0.39, 0.29) is 51.7 Å². The van der Waals surface area contributed by atoms with Crippen LogP contribution >= 0.6 is 0 Å². The van der Waals surface area contributed by atoms with E-state index in [0.717, 1.165) is 10.7 Å². The van der Waals surface area contributed by atoms with E-state index in [2.05, 4.69) is 40.9 Å². The first-order chi connectivity index (χ1) is 16.6. The van der Waals surface area contributed by atoms with Gasteiger partial charge in [-0.2, -0.15) is 9.67 Å². The lowest BCUT2D eigenvalue weighted by Crippen LogP contribution is -2.57. The maximum Gasteiger partial charge on any atom is 0.573 e. The van der Waals surface area contributed by atoms with E-state index >= 15 is 4.39 Å².